The second-order valence-corrected chi connectivity index (χ2v) is 7.22. The largest absolute Gasteiger partial charge is 0.481 e. The Morgan fingerprint density at radius 3 is 2.48 bits per heavy atom. The van der Waals surface area contributed by atoms with Crippen LogP contribution in [0.4, 0.5) is 0 Å². The van der Waals surface area contributed by atoms with Crippen LogP contribution in [0.5, 0.6) is 0 Å². The molecule has 0 aliphatic heterocycles. The Morgan fingerprint density at radius 1 is 1.12 bits per heavy atom. The smallest absolute Gasteiger partial charge is 0.303 e. The van der Waals surface area contributed by atoms with Crippen molar-refractivity contribution < 1.29 is 18.9 Å². The third-order valence-corrected chi connectivity index (χ3v) is 4.45. The van der Waals surface area contributed by atoms with Crippen molar-refractivity contribution >= 4 is 22.7 Å². The first kappa shape index (κ1) is 18.9. The molecule has 0 saturated heterocycles. The van der Waals surface area contributed by atoms with Gasteiger partial charge in [0, 0.05) is 34.8 Å². The van der Waals surface area contributed by atoms with E-state index < -0.39 is 16.8 Å². The minimum absolute atomic E-state index is 0.0330. The number of hydrogen-bond donors (Lipinski definition) is 2. The maximum Gasteiger partial charge on any atom is 0.303 e. The first-order valence-corrected chi connectivity index (χ1v) is 9.65. The summed E-state index contributed by atoms with van der Waals surface area (Å²) < 4.78 is 11.4. The fourth-order valence-corrected chi connectivity index (χ4v) is 3.20. The highest BCUT2D eigenvalue weighted by Crippen LogP contribution is 2.19. The van der Waals surface area contributed by atoms with Crippen LogP contribution in [0.15, 0.2) is 54.6 Å². The van der Waals surface area contributed by atoms with Crippen LogP contribution in [0.2, 0.25) is 0 Å². The molecule has 0 bridgehead atoms. The Bertz CT molecular complexity index is 761. The van der Waals surface area contributed by atoms with E-state index in [2.05, 4.69) is 5.32 Å². The van der Waals surface area contributed by atoms with E-state index in [0.29, 0.717) is 17.7 Å². The van der Waals surface area contributed by atoms with Crippen molar-refractivity contribution in [3.8, 4) is 0 Å². The summed E-state index contributed by atoms with van der Waals surface area (Å²) in [5.74, 6) is -0.784. The van der Waals surface area contributed by atoms with Crippen molar-refractivity contribution in [2.75, 3.05) is 6.26 Å². The van der Waals surface area contributed by atoms with Crippen LogP contribution < -0.4 is 5.32 Å². The molecule has 2 aromatic carbocycles. The third-order valence-electron chi connectivity index (χ3n) is 3.71. The summed E-state index contributed by atoms with van der Waals surface area (Å²) in [4.78, 5) is 23.5. The van der Waals surface area contributed by atoms with Crippen molar-refractivity contribution in [3.05, 3.63) is 71.3 Å². The Balaban J connectivity index is 2.16. The summed E-state index contributed by atoms with van der Waals surface area (Å²) in [5.41, 5.74) is 2.16. The molecule has 2 atom stereocenters. The van der Waals surface area contributed by atoms with Crippen LogP contribution in [0.1, 0.15) is 40.4 Å². The minimum atomic E-state index is -0.984. The van der Waals surface area contributed by atoms with E-state index in [1.54, 1.807) is 24.5 Å². The second-order valence-electron chi connectivity index (χ2n) is 5.79. The molecule has 2 N–H and O–H groups in total. The van der Waals surface area contributed by atoms with E-state index in [1.165, 1.54) is 0 Å². The monoisotopic (exact) mass is 359 g/mol. The molecule has 0 aliphatic rings. The molecule has 132 valence electrons. The molecule has 0 saturated carbocycles. The highest BCUT2D eigenvalue weighted by atomic mass is 32.2. The predicted octanol–water partition coefficient (Wildman–Crippen LogP) is 2.90. The maximum absolute atomic E-state index is 12.6. The lowest BCUT2D eigenvalue weighted by molar-refractivity contribution is -0.137. The summed E-state index contributed by atoms with van der Waals surface area (Å²) in [6.45, 7) is 0. The molecule has 0 heterocycles. The fraction of sp³-hybridized carbons (Fsp3) is 0.263. The van der Waals surface area contributed by atoms with Gasteiger partial charge >= 0.3 is 5.97 Å². The zero-order chi connectivity index (χ0) is 18.2. The lowest BCUT2D eigenvalue weighted by atomic mass is 10.0. The average Bonchev–Trinajstić information content (AvgIpc) is 2.58. The van der Waals surface area contributed by atoms with E-state index in [4.69, 9.17) is 5.11 Å². The third kappa shape index (κ3) is 6.15. The Kier molecular flexibility index (Phi) is 6.89. The van der Waals surface area contributed by atoms with Crippen molar-refractivity contribution in [2.24, 2.45) is 0 Å². The number of benzene rings is 2. The van der Waals surface area contributed by atoms with Gasteiger partial charge in [0.25, 0.3) is 5.91 Å². The van der Waals surface area contributed by atoms with Gasteiger partial charge in [-0.25, -0.2) is 0 Å². The van der Waals surface area contributed by atoms with Crippen molar-refractivity contribution in [1.29, 1.82) is 0 Å². The topological polar surface area (TPSA) is 83.5 Å². The first-order valence-electron chi connectivity index (χ1n) is 7.92. The van der Waals surface area contributed by atoms with Crippen molar-refractivity contribution in [3.63, 3.8) is 0 Å². The fourth-order valence-electron chi connectivity index (χ4n) is 2.55. The molecule has 0 aliphatic carbocycles. The van der Waals surface area contributed by atoms with Gasteiger partial charge in [0.05, 0.1) is 6.04 Å². The predicted molar refractivity (Wildman–Crippen MR) is 97.7 cm³/mol. The number of amides is 1. The molecule has 2 rings (SSSR count). The van der Waals surface area contributed by atoms with E-state index in [0.717, 1.165) is 11.1 Å². The Labute approximate surface area is 149 Å². The number of carboxylic acid groups (broad SMARTS) is 1. The Hall–Kier alpha value is -2.47. The highest BCUT2D eigenvalue weighted by Gasteiger charge is 2.17. The Morgan fingerprint density at radius 2 is 1.84 bits per heavy atom. The molecular formula is C19H21NO4S. The van der Waals surface area contributed by atoms with Crippen LogP contribution in [0, 0.1) is 0 Å². The first-order chi connectivity index (χ1) is 12.0. The van der Waals surface area contributed by atoms with Gasteiger partial charge in [0.1, 0.15) is 0 Å². The van der Waals surface area contributed by atoms with Gasteiger partial charge in [0.15, 0.2) is 0 Å². The van der Waals surface area contributed by atoms with E-state index in [1.807, 2.05) is 36.4 Å². The molecule has 0 radical (unpaired) electrons. The van der Waals surface area contributed by atoms with Crippen LogP contribution in [-0.4, -0.2) is 27.4 Å². The van der Waals surface area contributed by atoms with Crippen LogP contribution in [0.25, 0.3) is 0 Å². The van der Waals surface area contributed by atoms with Crippen molar-refractivity contribution in [2.45, 2.75) is 24.6 Å². The summed E-state index contributed by atoms with van der Waals surface area (Å²) in [6, 6.07) is 15.9. The van der Waals surface area contributed by atoms with Gasteiger partial charge in [-0.1, -0.05) is 42.5 Å². The zero-order valence-corrected chi connectivity index (χ0v) is 14.8. The number of carbonyl (C=O) groups excluding carboxylic acids is 1. The number of carbonyl (C=O) groups is 2. The molecule has 2 unspecified atom stereocenters. The van der Waals surface area contributed by atoms with Gasteiger partial charge in [-0.3, -0.25) is 13.8 Å². The van der Waals surface area contributed by atoms with E-state index in [9.17, 15) is 13.8 Å². The minimum Gasteiger partial charge on any atom is -0.481 e. The van der Waals surface area contributed by atoms with E-state index in [-0.39, 0.29) is 18.4 Å². The van der Waals surface area contributed by atoms with Gasteiger partial charge in [-0.2, -0.15) is 0 Å². The van der Waals surface area contributed by atoms with Crippen LogP contribution in [-0.2, 0) is 21.3 Å². The van der Waals surface area contributed by atoms with Crippen LogP contribution >= 0.6 is 0 Å². The SMILES string of the molecule is CS(=O)Cc1cccc(C(=O)NC(CCC(=O)O)c2ccccc2)c1. The van der Waals surface area contributed by atoms with Crippen molar-refractivity contribution in [1.82, 2.24) is 5.32 Å². The van der Waals surface area contributed by atoms with Gasteiger partial charge < -0.3 is 10.4 Å². The molecule has 0 spiro atoms. The summed E-state index contributed by atoms with van der Waals surface area (Å²) in [5, 5.41) is 11.8. The second kappa shape index (κ2) is 9.13. The van der Waals surface area contributed by atoms with Gasteiger partial charge in [-0.05, 0) is 29.7 Å². The molecule has 6 heteroatoms. The molecule has 0 aromatic heterocycles. The molecule has 2 aromatic rings. The number of rotatable bonds is 8. The molecule has 0 fully saturated rings. The standard InChI is InChI=1S/C19H21NO4S/c1-25(24)13-14-6-5-9-16(12-14)19(23)20-17(10-11-18(21)22)15-7-3-2-4-8-15/h2-9,12,17H,10-11,13H2,1H3,(H,20,23)(H,21,22). The number of hydrogen-bond acceptors (Lipinski definition) is 3. The highest BCUT2D eigenvalue weighted by molar-refractivity contribution is 7.83. The molecular weight excluding hydrogens is 338 g/mol. The maximum atomic E-state index is 12.6. The normalized spacial score (nSPS) is 13.0. The lowest BCUT2D eigenvalue weighted by Gasteiger charge is -2.19. The van der Waals surface area contributed by atoms with Gasteiger partial charge in [-0.15, -0.1) is 0 Å². The summed E-state index contributed by atoms with van der Waals surface area (Å²) >= 11 is 0. The average molecular weight is 359 g/mol. The number of aliphatic carboxylic acids is 1. The van der Waals surface area contributed by atoms with E-state index >= 15 is 0 Å². The molecule has 1 amide bonds. The summed E-state index contributed by atoms with van der Waals surface area (Å²) in [7, 11) is -0.984. The van der Waals surface area contributed by atoms with Gasteiger partial charge in [0.2, 0.25) is 0 Å². The van der Waals surface area contributed by atoms with Crippen LogP contribution in [0.3, 0.4) is 0 Å². The zero-order valence-electron chi connectivity index (χ0n) is 14.0. The summed E-state index contributed by atoms with van der Waals surface area (Å²) in [6.07, 6.45) is 1.89. The number of carboxylic acids is 1. The number of nitrogens with one attached hydrogen (secondary N) is 1. The molecule has 5 nitrogen and oxygen atoms in total. The molecule has 25 heavy (non-hydrogen) atoms. The quantitative estimate of drug-likeness (QED) is 0.759. The lowest BCUT2D eigenvalue weighted by Crippen LogP contribution is -2.29.